The Morgan fingerprint density at radius 2 is 1.77 bits per heavy atom. The minimum Gasteiger partial charge on any atom is -0.495 e. The molecule has 0 fully saturated rings. The lowest BCUT2D eigenvalue weighted by atomic mass is 10.2. The molecule has 9 heteroatoms. The molecule has 0 radical (unpaired) electrons. The summed E-state index contributed by atoms with van der Waals surface area (Å²) in [4.78, 5) is 36.6. The zero-order chi connectivity index (χ0) is 22.2. The maximum absolute atomic E-state index is 12.7. The van der Waals surface area contributed by atoms with Gasteiger partial charge >= 0.3 is 11.7 Å². The average molecular weight is 432 g/mol. The summed E-state index contributed by atoms with van der Waals surface area (Å²) < 4.78 is 14.9. The van der Waals surface area contributed by atoms with Crippen LogP contribution in [0.1, 0.15) is 27.4 Å². The Balaban J connectivity index is 1.93. The summed E-state index contributed by atoms with van der Waals surface area (Å²) in [5.41, 5.74) is 1.87. The fraction of sp³-hybridized carbons (Fsp3) is 0.286. The summed E-state index contributed by atoms with van der Waals surface area (Å²) in [6.45, 7) is 3.44. The number of carbonyl (C=O) groups is 1. The van der Waals surface area contributed by atoms with E-state index in [0.717, 1.165) is 10.3 Å². The Morgan fingerprint density at radius 3 is 2.43 bits per heavy atom. The summed E-state index contributed by atoms with van der Waals surface area (Å²) in [6.07, 6.45) is 0. The molecule has 0 saturated carbocycles. The standard InChI is InChI=1S/C21H22ClN3O5/c1-12-8-16(13(2)25(12)17-9-14(22)6-7-18(17)29-5)20(27)30-11-15-10-19(26)24(4)21(28)23(15)3/h6-10H,11H2,1-5H3. The van der Waals surface area contributed by atoms with E-state index in [9.17, 15) is 14.4 Å². The highest BCUT2D eigenvalue weighted by atomic mass is 35.5. The Bertz CT molecular complexity index is 1250. The maximum Gasteiger partial charge on any atom is 0.340 e. The summed E-state index contributed by atoms with van der Waals surface area (Å²) in [7, 11) is 4.46. The molecule has 1 aromatic carbocycles. The van der Waals surface area contributed by atoms with Crippen LogP contribution in [0, 0.1) is 13.8 Å². The number of aryl methyl sites for hydroxylation is 1. The molecule has 0 N–H and O–H groups in total. The third kappa shape index (κ3) is 3.78. The number of carbonyl (C=O) groups excluding carboxylic acids is 1. The van der Waals surface area contributed by atoms with Crippen molar-refractivity contribution < 1.29 is 14.3 Å². The largest absolute Gasteiger partial charge is 0.495 e. The average Bonchev–Trinajstić information content (AvgIpc) is 3.01. The molecule has 8 nitrogen and oxygen atoms in total. The Labute approximate surface area is 177 Å². The van der Waals surface area contributed by atoms with Gasteiger partial charge in [0.25, 0.3) is 5.56 Å². The summed E-state index contributed by atoms with van der Waals surface area (Å²) in [5.74, 6) is 0.0414. The molecule has 158 valence electrons. The number of hydrogen-bond donors (Lipinski definition) is 0. The van der Waals surface area contributed by atoms with Gasteiger partial charge in [-0.15, -0.1) is 0 Å². The summed E-state index contributed by atoms with van der Waals surface area (Å²) in [5, 5.41) is 0.536. The van der Waals surface area contributed by atoms with Crippen LogP contribution in [0.5, 0.6) is 5.75 Å². The lowest BCUT2D eigenvalue weighted by molar-refractivity contribution is 0.0462. The third-order valence-corrected chi connectivity index (χ3v) is 5.24. The molecular weight excluding hydrogens is 410 g/mol. The van der Waals surface area contributed by atoms with Crippen LogP contribution in [0.25, 0.3) is 5.69 Å². The first-order chi connectivity index (χ1) is 14.1. The van der Waals surface area contributed by atoms with Gasteiger partial charge in [0.1, 0.15) is 12.4 Å². The van der Waals surface area contributed by atoms with Gasteiger partial charge in [0.05, 0.1) is 24.1 Å². The van der Waals surface area contributed by atoms with E-state index < -0.39 is 17.2 Å². The van der Waals surface area contributed by atoms with Crippen molar-refractivity contribution in [3.8, 4) is 11.4 Å². The number of esters is 1. The highest BCUT2D eigenvalue weighted by Crippen LogP contribution is 2.30. The zero-order valence-corrected chi connectivity index (χ0v) is 18.1. The number of benzene rings is 1. The van der Waals surface area contributed by atoms with Crippen molar-refractivity contribution in [1.82, 2.24) is 13.7 Å². The molecule has 3 rings (SSSR count). The lowest BCUT2D eigenvalue weighted by Gasteiger charge is -2.14. The minimum atomic E-state index is -0.566. The fourth-order valence-corrected chi connectivity index (χ4v) is 3.48. The van der Waals surface area contributed by atoms with E-state index >= 15 is 0 Å². The predicted molar refractivity (Wildman–Crippen MR) is 113 cm³/mol. The van der Waals surface area contributed by atoms with E-state index in [4.69, 9.17) is 21.1 Å². The number of ether oxygens (including phenoxy) is 2. The number of rotatable bonds is 5. The number of aromatic nitrogens is 3. The normalized spacial score (nSPS) is 10.9. The van der Waals surface area contributed by atoms with Gasteiger partial charge in [0, 0.05) is 36.6 Å². The first-order valence-electron chi connectivity index (χ1n) is 9.11. The molecule has 2 heterocycles. The van der Waals surface area contributed by atoms with Crippen molar-refractivity contribution in [3.63, 3.8) is 0 Å². The van der Waals surface area contributed by atoms with Gasteiger partial charge < -0.3 is 14.0 Å². The molecule has 2 aromatic heterocycles. The Kier molecular flexibility index (Phi) is 5.89. The van der Waals surface area contributed by atoms with Crippen LogP contribution in [0.3, 0.4) is 0 Å². The lowest BCUT2D eigenvalue weighted by Crippen LogP contribution is -2.38. The van der Waals surface area contributed by atoms with Crippen molar-refractivity contribution >= 4 is 17.6 Å². The topological polar surface area (TPSA) is 84.5 Å². The van der Waals surface area contributed by atoms with Crippen LogP contribution in [-0.4, -0.2) is 26.8 Å². The predicted octanol–water partition coefficient (Wildman–Crippen LogP) is 2.51. The molecular formula is C21H22ClN3O5. The summed E-state index contributed by atoms with van der Waals surface area (Å²) in [6, 6.07) is 8.22. The van der Waals surface area contributed by atoms with Crippen LogP contribution in [0.4, 0.5) is 0 Å². The van der Waals surface area contributed by atoms with Gasteiger partial charge in [-0.2, -0.15) is 0 Å². The van der Waals surface area contributed by atoms with Crippen LogP contribution >= 0.6 is 11.6 Å². The molecule has 0 saturated heterocycles. The van der Waals surface area contributed by atoms with Gasteiger partial charge in [-0.05, 0) is 38.1 Å². The van der Waals surface area contributed by atoms with Gasteiger partial charge in [0.2, 0.25) is 0 Å². The van der Waals surface area contributed by atoms with Crippen molar-refractivity contribution in [2.75, 3.05) is 7.11 Å². The van der Waals surface area contributed by atoms with E-state index in [-0.39, 0.29) is 6.61 Å². The second kappa shape index (κ2) is 8.23. The number of halogens is 1. The van der Waals surface area contributed by atoms with Crippen molar-refractivity contribution in [1.29, 1.82) is 0 Å². The highest BCUT2D eigenvalue weighted by molar-refractivity contribution is 6.30. The van der Waals surface area contributed by atoms with Gasteiger partial charge in [0.15, 0.2) is 0 Å². The Hall–Kier alpha value is -3.26. The smallest absolute Gasteiger partial charge is 0.340 e. The van der Waals surface area contributed by atoms with Crippen LogP contribution in [0.15, 0.2) is 39.9 Å². The second-order valence-corrected chi connectivity index (χ2v) is 7.32. The van der Waals surface area contributed by atoms with Crippen molar-refractivity contribution in [3.05, 3.63) is 78.8 Å². The van der Waals surface area contributed by atoms with Crippen LogP contribution < -0.4 is 16.0 Å². The number of hydrogen-bond acceptors (Lipinski definition) is 5. The summed E-state index contributed by atoms with van der Waals surface area (Å²) >= 11 is 6.15. The van der Waals surface area contributed by atoms with Gasteiger partial charge in [-0.1, -0.05) is 11.6 Å². The molecule has 0 unspecified atom stereocenters. The molecule has 0 aliphatic heterocycles. The molecule has 0 atom stereocenters. The molecule has 3 aromatic rings. The maximum atomic E-state index is 12.7. The fourth-order valence-electron chi connectivity index (χ4n) is 3.31. The molecule has 0 spiro atoms. The van der Waals surface area contributed by atoms with Crippen LogP contribution in [0.2, 0.25) is 5.02 Å². The number of nitrogens with zero attached hydrogens (tertiary/aromatic N) is 3. The van der Waals surface area contributed by atoms with Gasteiger partial charge in [-0.3, -0.25) is 13.9 Å². The zero-order valence-electron chi connectivity index (χ0n) is 17.4. The van der Waals surface area contributed by atoms with E-state index in [1.165, 1.54) is 24.7 Å². The minimum absolute atomic E-state index is 0.204. The molecule has 0 aliphatic rings. The van der Waals surface area contributed by atoms with Crippen molar-refractivity contribution in [2.24, 2.45) is 14.1 Å². The van der Waals surface area contributed by atoms with E-state index in [1.54, 1.807) is 38.3 Å². The van der Waals surface area contributed by atoms with E-state index in [1.807, 2.05) is 11.5 Å². The molecule has 30 heavy (non-hydrogen) atoms. The van der Waals surface area contributed by atoms with Crippen LogP contribution in [-0.2, 0) is 25.4 Å². The monoisotopic (exact) mass is 431 g/mol. The molecule has 0 bridgehead atoms. The molecule has 0 amide bonds. The SMILES string of the molecule is COc1ccc(Cl)cc1-n1c(C)cc(C(=O)OCc2cc(=O)n(C)c(=O)n2C)c1C. The molecule has 0 aliphatic carbocycles. The van der Waals surface area contributed by atoms with E-state index in [0.29, 0.717) is 33.4 Å². The van der Waals surface area contributed by atoms with E-state index in [2.05, 4.69) is 0 Å². The third-order valence-electron chi connectivity index (χ3n) is 5.01. The first kappa shape index (κ1) is 21.4. The van der Waals surface area contributed by atoms with Crippen molar-refractivity contribution in [2.45, 2.75) is 20.5 Å². The van der Waals surface area contributed by atoms with Gasteiger partial charge in [-0.25, -0.2) is 9.59 Å². The first-order valence-corrected chi connectivity index (χ1v) is 9.49. The highest BCUT2D eigenvalue weighted by Gasteiger charge is 2.20. The quantitative estimate of drug-likeness (QED) is 0.579. The second-order valence-electron chi connectivity index (χ2n) is 6.89. The number of methoxy groups -OCH3 is 1. The Morgan fingerprint density at radius 1 is 1.07 bits per heavy atom.